The number of aliphatic hydroxyl groups is 1. The number of nitrogens with one attached hydrogen (secondary N) is 1. The molecule has 1 rings (SSSR count). The number of aliphatic hydroxyl groups excluding tert-OH is 1. The van der Waals surface area contributed by atoms with Crippen LogP contribution < -0.4 is 11.1 Å². The molecule has 0 radical (unpaired) electrons. The zero-order valence-corrected chi connectivity index (χ0v) is 17.9. The molecule has 1 aromatic rings. The lowest BCUT2D eigenvalue weighted by atomic mass is 10.0. The molecule has 166 valence electrons. The number of carbonyl (C=O) groups is 1. The number of sulfone groups is 1. The van der Waals surface area contributed by atoms with Crippen molar-refractivity contribution in [1.82, 2.24) is 5.32 Å². The highest BCUT2D eigenvalue weighted by atomic mass is 32.2. The molecule has 4 N–H and O–H groups in total. The summed E-state index contributed by atoms with van der Waals surface area (Å²) in [5.74, 6) is -2.38. The van der Waals surface area contributed by atoms with Gasteiger partial charge in [-0.15, -0.1) is 0 Å². The average Bonchev–Trinajstić information content (AvgIpc) is 2.64. The molecule has 0 bridgehead atoms. The Hall–Kier alpha value is -1.58. The second-order valence-corrected chi connectivity index (χ2v) is 9.68. The van der Waals surface area contributed by atoms with E-state index in [-0.39, 0.29) is 30.7 Å². The first-order valence-corrected chi connectivity index (χ1v) is 11.7. The van der Waals surface area contributed by atoms with Gasteiger partial charge in [-0.1, -0.05) is 26.7 Å². The van der Waals surface area contributed by atoms with Gasteiger partial charge in [0.1, 0.15) is 11.6 Å². The second kappa shape index (κ2) is 12.2. The van der Waals surface area contributed by atoms with Gasteiger partial charge in [0.15, 0.2) is 9.84 Å². The summed E-state index contributed by atoms with van der Waals surface area (Å²) in [6.45, 7) is 3.66. The summed E-state index contributed by atoms with van der Waals surface area (Å²) < 4.78 is 51.8. The minimum absolute atomic E-state index is 0.0418. The molecule has 9 heteroatoms. The van der Waals surface area contributed by atoms with Gasteiger partial charge in [0.05, 0.1) is 23.1 Å². The van der Waals surface area contributed by atoms with Crippen molar-refractivity contribution in [3.63, 3.8) is 0 Å². The first-order valence-electron chi connectivity index (χ1n) is 9.96. The SMILES string of the molecule is CCCC(CCC)S(=O)(=O)CCC(=O)N[C@@H](Cc1cc(F)cc(F)c1)[C@H](O)CN. The monoisotopic (exact) mass is 434 g/mol. The Bertz CT molecular complexity index is 733. The Kier molecular flexibility index (Phi) is 10.7. The Labute approximate surface area is 171 Å². The van der Waals surface area contributed by atoms with Crippen LogP contribution in [0.2, 0.25) is 0 Å². The van der Waals surface area contributed by atoms with Crippen LogP contribution in [0.1, 0.15) is 51.5 Å². The summed E-state index contributed by atoms with van der Waals surface area (Å²) in [5, 5.41) is 12.2. The number of rotatable bonds is 13. The lowest BCUT2D eigenvalue weighted by Gasteiger charge is -2.24. The van der Waals surface area contributed by atoms with Crippen molar-refractivity contribution in [2.45, 2.75) is 69.8 Å². The number of halogens is 2. The van der Waals surface area contributed by atoms with Crippen molar-refractivity contribution in [2.24, 2.45) is 5.73 Å². The fraction of sp³-hybridized carbons (Fsp3) is 0.650. The number of benzene rings is 1. The first-order chi connectivity index (χ1) is 13.6. The van der Waals surface area contributed by atoms with Crippen molar-refractivity contribution in [2.75, 3.05) is 12.3 Å². The van der Waals surface area contributed by atoms with E-state index in [1.165, 1.54) is 0 Å². The molecule has 0 aliphatic carbocycles. The molecule has 0 saturated heterocycles. The number of carbonyl (C=O) groups excluding carboxylic acids is 1. The lowest BCUT2D eigenvalue weighted by molar-refractivity contribution is -0.122. The van der Waals surface area contributed by atoms with Crippen LogP contribution >= 0.6 is 0 Å². The molecule has 6 nitrogen and oxygen atoms in total. The molecular weight excluding hydrogens is 402 g/mol. The highest BCUT2D eigenvalue weighted by molar-refractivity contribution is 7.92. The lowest BCUT2D eigenvalue weighted by Crippen LogP contribution is -2.48. The zero-order valence-electron chi connectivity index (χ0n) is 17.0. The fourth-order valence-electron chi connectivity index (χ4n) is 3.26. The van der Waals surface area contributed by atoms with Crippen LogP contribution in [0.4, 0.5) is 8.78 Å². The third-order valence-corrected chi connectivity index (χ3v) is 7.03. The van der Waals surface area contributed by atoms with Gasteiger partial charge in [0, 0.05) is 19.0 Å². The normalized spacial score (nSPS) is 14.0. The van der Waals surface area contributed by atoms with E-state index in [1.807, 2.05) is 13.8 Å². The van der Waals surface area contributed by atoms with Gasteiger partial charge >= 0.3 is 0 Å². The van der Waals surface area contributed by atoms with Crippen molar-refractivity contribution in [3.05, 3.63) is 35.4 Å². The molecular formula is C20H32F2N2O4S. The molecule has 0 saturated carbocycles. The Morgan fingerprint density at radius 1 is 1.14 bits per heavy atom. The van der Waals surface area contributed by atoms with Crippen LogP contribution in [-0.4, -0.2) is 49.1 Å². The van der Waals surface area contributed by atoms with Gasteiger partial charge in [-0.05, 0) is 37.0 Å². The predicted molar refractivity (Wildman–Crippen MR) is 109 cm³/mol. The highest BCUT2D eigenvalue weighted by Crippen LogP contribution is 2.17. The molecule has 0 aromatic heterocycles. The smallest absolute Gasteiger partial charge is 0.221 e. The molecule has 0 heterocycles. The minimum atomic E-state index is -3.42. The van der Waals surface area contributed by atoms with E-state index in [2.05, 4.69) is 5.32 Å². The molecule has 0 aliphatic heterocycles. The van der Waals surface area contributed by atoms with E-state index in [0.717, 1.165) is 31.0 Å². The quantitative estimate of drug-likeness (QED) is 0.440. The maximum atomic E-state index is 13.4. The summed E-state index contributed by atoms with van der Waals surface area (Å²) in [4.78, 5) is 12.3. The predicted octanol–water partition coefficient (Wildman–Crippen LogP) is 2.09. The zero-order chi connectivity index (χ0) is 22.0. The molecule has 1 aromatic carbocycles. The van der Waals surface area contributed by atoms with Crippen LogP contribution in [0.3, 0.4) is 0 Å². The molecule has 2 atom stereocenters. The summed E-state index contributed by atoms with van der Waals surface area (Å²) in [7, 11) is -3.42. The number of hydrogen-bond acceptors (Lipinski definition) is 5. The van der Waals surface area contributed by atoms with E-state index in [9.17, 15) is 27.1 Å². The van der Waals surface area contributed by atoms with Crippen molar-refractivity contribution in [3.8, 4) is 0 Å². The standard InChI is InChI=1S/C20H32F2N2O4S/c1-3-5-17(6-4-2)29(27,28)8-7-20(26)24-18(19(25)13-23)11-14-9-15(21)12-16(22)10-14/h9-10,12,17-19,25H,3-8,11,13,23H2,1-2H3,(H,24,26)/t18-,19+/m0/s1. The second-order valence-electron chi connectivity index (χ2n) is 7.28. The van der Waals surface area contributed by atoms with E-state index >= 15 is 0 Å². The van der Waals surface area contributed by atoms with Crippen LogP contribution in [0.25, 0.3) is 0 Å². The van der Waals surface area contributed by atoms with Gasteiger partial charge < -0.3 is 16.2 Å². The molecule has 1 amide bonds. The maximum Gasteiger partial charge on any atom is 0.221 e. The van der Waals surface area contributed by atoms with Crippen LogP contribution in [0.5, 0.6) is 0 Å². The summed E-state index contributed by atoms with van der Waals surface area (Å²) in [5.41, 5.74) is 5.72. The third kappa shape index (κ3) is 8.76. The number of hydrogen-bond donors (Lipinski definition) is 3. The van der Waals surface area contributed by atoms with Gasteiger partial charge in [-0.3, -0.25) is 4.79 Å². The summed E-state index contributed by atoms with van der Waals surface area (Å²) >= 11 is 0. The summed E-state index contributed by atoms with van der Waals surface area (Å²) in [6.07, 6.45) is 1.15. The number of nitrogens with two attached hydrogens (primary N) is 1. The molecule has 0 aliphatic rings. The van der Waals surface area contributed by atoms with Gasteiger partial charge in [-0.25, -0.2) is 17.2 Å². The minimum Gasteiger partial charge on any atom is -0.390 e. The van der Waals surface area contributed by atoms with E-state index in [4.69, 9.17) is 5.73 Å². The molecule has 0 fully saturated rings. The van der Waals surface area contributed by atoms with E-state index < -0.39 is 44.8 Å². The Morgan fingerprint density at radius 2 is 1.69 bits per heavy atom. The third-order valence-electron chi connectivity index (χ3n) is 4.77. The topological polar surface area (TPSA) is 109 Å². The molecule has 29 heavy (non-hydrogen) atoms. The van der Waals surface area contributed by atoms with Crippen LogP contribution in [0.15, 0.2) is 18.2 Å². The average molecular weight is 435 g/mol. The summed E-state index contributed by atoms with van der Waals surface area (Å²) in [6, 6.07) is 2.05. The van der Waals surface area contributed by atoms with Crippen molar-refractivity contribution < 1.29 is 27.1 Å². The van der Waals surface area contributed by atoms with E-state index in [0.29, 0.717) is 12.8 Å². The number of amides is 1. The van der Waals surface area contributed by atoms with Gasteiger partial charge in [0.2, 0.25) is 5.91 Å². The van der Waals surface area contributed by atoms with Gasteiger partial charge in [0.25, 0.3) is 0 Å². The molecule has 0 unspecified atom stereocenters. The Balaban J connectivity index is 2.77. The fourth-order valence-corrected chi connectivity index (χ4v) is 5.25. The van der Waals surface area contributed by atoms with Crippen LogP contribution in [-0.2, 0) is 21.1 Å². The largest absolute Gasteiger partial charge is 0.390 e. The highest BCUT2D eigenvalue weighted by Gasteiger charge is 2.26. The van der Waals surface area contributed by atoms with Gasteiger partial charge in [-0.2, -0.15) is 0 Å². The first kappa shape index (κ1) is 25.5. The Morgan fingerprint density at radius 3 is 2.17 bits per heavy atom. The maximum absolute atomic E-state index is 13.4. The van der Waals surface area contributed by atoms with Crippen molar-refractivity contribution >= 4 is 15.7 Å². The molecule has 0 spiro atoms. The van der Waals surface area contributed by atoms with Crippen molar-refractivity contribution in [1.29, 1.82) is 0 Å². The van der Waals surface area contributed by atoms with Crippen LogP contribution in [0, 0.1) is 11.6 Å². The van der Waals surface area contributed by atoms with E-state index in [1.54, 1.807) is 0 Å².